The maximum atomic E-state index is 6.64. The van der Waals surface area contributed by atoms with Gasteiger partial charge < -0.3 is 19.6 Å². The zero-order valence-electron chi connectivity index (χ0n) is 71.0. The van der Waals surface area contributed by atoms with Gasteiger partial charge in [-0.1, -0.05) is 267 Å². The Morgan fingerprint density at radius 2 is 0.579 bits per heavy atom. The fraction of sp³-hybridized carbons (Fsp3) is 0.525. The van der Waals surface area contributed by atoms with Gasteiger partial charge in [0.1, 0.15) is 0 Å². The van der Waals surface area contributed by atoms with E-state index in [-0.39, 0.29) is 24.2 Å². The number of rotatable bonds is 12. The number of nitrogens with zero attached hydrogens (tertiary/aromatic N) is 8. The van der Waals surface area contributed by atoms with Gasteiger partial charge in [0, 0.05) is 143 Å². The average molecular weight is 1870 g/mol. The monoisotopic (exact) mass is 1870 g/mol. The maximum absolute atomic E-state index is 6.64. The van der Waals surface area contributed by atoms with Gasteiger partial charge in [0.2, 0.25) is 0 Å². The van der Waals surface area contributed by atoms with E-state index in [9.17, 15) is 0 Å². The van der Waals surface area contributed by atoms with Crippen LogP contribution in [-0.4, -0.2) is 122 Å². The average Bonchev–Trinajstić information content (AvgIpc) is 0.891. The van der Waals surface area contributed by atoms with E-state index in [1.165, 1.54) is 170 Å². The second-order valence-corrected chi connectivity index (χ2v) is 43.0. The second-order valence-electron chi connectivity index (χ2n) is 37.9. The molecule has 9 atom stereocenters. The summed E-state index contributed by atoms with van der Waals surface area (Å²) in [6.45, 7) is 21.8. The van der Waals surface area contributed by atoms with Gasteiger partial charge in [-0.25, -0.2) is 0 Å². The molecule has 8 aromatic rings. The molecule has 0 aromatic heterocycles. The molecule has 650 valence electrons. The predicted molar refractivity (Wildman–Crippen MR) is 521 cm³/mol. The van der Waals surface area contributed by atoms with Gasteiger partial charge in [0.05, 0.1) is 67.0 Å². The van der Waals surface area contributed by atoms with Crippen molar-refractivity contribution in [2.75, 3.05) is 98.1 Å². The topological polar surface area (TPSA) is 25.9 Å². The van der Waals surface area contributed by atoms with Gasteiger partial charge >= 0.3 is 0 Å². The first-order valence-corrected chi connectivity index (χ1v) is 49.7. The zero-order chi connectivity index (χ0) is 84.6. The molecule has 0 radical (unpaired) electrons. The summed E-state index contributed by atoms with van der Waals surface area (Å²) in [5.41, 5.74) is 10.5. The minimum Gasteiger partial charge on any atom is -0.361 e. The van der Waals surface area contributed by atoms with Crippen molar-refractivity contribution < 1.29 is 0 Å². The van der Waals surface area contributed by atoms with Crippen LogP contribution in [0.15, 0.2) is 170 Å². The van der Waals surface area contributed by atoms with Crippen LogP contribution in [0, 0.1) is 34.5 Å². The minimum absolute atomic E-state index is 0.241. The second kappa shape index (κ2) is 42.2. The van der Waals surface area contributed by atoms with Crippen molar-refractivity contribution in [1.82, 2.24) is 19.6 Å². The summed E-state index contributed by atoms with van der Waals surface area (Å²) in [5, 5.41) is 8.68. The fourth-order valence-electron chi connectivity index (χ4n) is 22.9. The number of hydrogen-bond acceptors (Lipinski definition) is 8. The number of anilines is 4. The first kappa shape index (κ1) is 92.0. The summed E-state index contributed by atoms with van der Waals surface area (Å²) >= 11 is 75.9. The SMILES string of the molecule is CC(C)(C)C1CCC(N2CCN(c3ccc(Cl)cc3Cl)C(c3ccc(Cl)cc3)C2)CC1.CC1CCCC(N2CCN(c3ccc(Cl)cc3Cl)C(c3ccc(Cl)cc3)C2)C1.Clc1ccc(C2CN(C3CCC4(CCCC4)CC3)CCN2c2ccc(Cl)cc2Cl)cc1.Clc1ccc(C2CN(C3CCC4CCCCC4C3)CCN2c2ccc(Cl)cc2Cl)cc1. The maximum Gasteiger partial charge on any atom is 0.0670 e. The Balaban J connectivity index is 0.000000126. The van der Waals surface area contributed by atoms with Gasteiger partial charge in [0.15, 0.2) is 0 Å². The largest absolute Gasteiger partial charge is 0.361 e. The molecule has 8 aromatic carbocycles. The Kier molecular flexibility index (Phi) is 32.1. The van der Waals surface area contributed by atoms with Crippen LogP contribution in [0.4, 0.5) is 22.7 Å². The van der Waals surface area contributed by atoms with Crippen LogP contribution < -0.4 is 19.6 Å². The van der Waals surface area contributed by atoms with Gasteiger partial charge in [-0.2, -0.15) is 0 Å². The van der Waals surface area contributed by atoms with Gasteiger partial charge in [0.25, 0.3) is 0 Å². The molecule has 4 saturated heterocycles. The lowest BCUT2D eigenvalue weighted by Gasteiger charge is -2.49. The van der Waals surface area contributed by atoms with Crippen molar-refractivity contribution in [3.05, 3.63) is 252 Å². The summed E-state index contributed by atoms with van der Waals surface area (Å²) in [7, 11) is 0. The zero-order valence-corrected chi connectivity index (χ0v) is 80.0. The third kappa shape index (κ3) is 23.3. The van der Waals surface area contributed by atoms with Crippen molar-refractivity contribution in [1.29, 1.82) is 0 Å². The van der Waals surface area contributed by atoms with Crippen LogP contribution >= 0.6 is 139 Å². The Labute approximate surface area is 783 Å². The summed E-state index contributed by atoms with van der Waals surface area (Å²) in [5.74, 6) is 3.61. The van der Waals surface area contributed by atoms with Gasteiger partial charge in [-0.05, 0) is 274 Å². The van der Waals surface area contributed by atoms with E-state index < -0.39 is 0 Å². The third-order valence-corrected chi connectivity index (χ3v) is 32.8. The molecule has 8 nitrogen and oxygen atoms in total. The molecule has 4 aliphatic heterocycles. The van der Waals surface area contributed by atoms with E-state index in [1.807, 2.05) is 103 Å². The molecule has 1 spiro atoms. The molecule has 9 unspecified atom stereocenters. The minimum atomic E-state index is 0.241. The molecule has 0 N–H and O–H groups in total. The van der Waals surface area contributed by atoms with Crippen molar-refractivity contribution in [2.45, 2.75) is 224 Å². The Morgan fingerprint density at radius 3 is 0.909 bits per heavy atom. The van der Waals surface area contributed by atoms with Crippen LogP contribution in [0.2, 0.25) is 60.3 Å². The molecule has 6 aliphatic carbocycles. The number of halogens is 12. The standard InChI is InChI=1S/2C26H31Cl3N2.C26H33Cl3N2.C23H27Cl3N2/c27-20-5-3-19(4-6-20)25-18-30(22-9-13-26(14-10-22)11-1-2-12-26)15-16-31(25)24-8-7-21(28)17-23(24)29;27-21-8-5-19(6-9-21)26-17-30(23-11-7-18-3-1-2-4-20(18)15-23)13-14-31(26)25-12-10-22(28)16-24(25)29;1-26(2,3)19-6-11-22(12-7-19)30-14-15-31(24-13-10-21(28)16-23(24)29)25(17-30)18-4-8-20(27)9-5-18;1-16-3-2-4-20(13-16)27-11-12-28(22-10-9-19(25)14-21(22)26)23(15-27)17-5-7-18(24)8-6-17/h3-8,17,22,25H,1-2,9-16,18H2;5-6,8-10,12,16,18,20,23,26H,1-4,7,11,13-15,17H2;4-5,8-10,13,16,19,22,25H,6-7,11-12,14-15,17H2,1-3H3;5-10,14,16,20,23H,2-4,11-13,15H2,1H3. The van der Waals surface area contributed by atoms with E-state index in [1.54, 1.807) is 0 Å². The highest BCUT2D eigenvalue weighted by Gasteiger charge is 2.44. The summed E-state index contributed by atoms with van der Waals surface area (Å²) in [6, 6.07) is 60.4. The smallest absolute Gasteiger partial charge is 0.0670 e. The highest BCUT2D eigenvalue weighted by Crippen LogP contribution is 2.52. The summed E-state index contributed by atoms with van der Waals surface area (Å²) < 4.78 is 0. The van der Waals surface area contributed by atoms with E-state index in [2.05, 4.69) is 134 Å². The van der Waals surface area contributed by atoms with Crippen LogP contribution in [0.1, 0.15) is 222 Å². The summed E-state index contributed by atoms with van der Waals surface area (Å²) in [6.07, 6.45) is 32.0. The van der Waals surface area contributed by atoms with Crippen molar-refractivity contribution in [3.8, 4) is 0 Å². The van der Waals surface area contributed by atoms with E-state index in [4.69, 9.17) is 139 Å². The molecule has 20 heteroatoms. The highest BCUT2D eigenvalue weighted by molar-refractivity contribution is 6.38. The molecular weight excluding hydrogens is 1750 g/mol. The fourth-order valence-corrected chi connectivity index (χ4v) is 25.4. The molecule has 18 rings (SSSR count). The molecule has 6 saturated carbocycles. The molecule has 10 aliphatic rings. The van der Waals surface area contributed by atoms with Gasteiger partial charge in [-0.15, -0.1) is 0 Å². The quantitative estimate of drug-likeness (QED) is 0.119. The Hall–Kier alpha value is -3.72. The third-order valence-electron chi connectivity index (χ3n) is 29.6. The molecular formula is C101H122Cl12N8. The van der Waals surface area contributed by atoms with Crippen molar-refractivity contribution >= 4 is 162 Å². The van der Waals surface area contributed by atoms with Gasteiger partial charge in [-0.3, -0.25) is 19.6 Å². The molecule has 0 bridgehead atoms. The number of fused-ring (bicyclic) bond motifs is 1. The molecule has 10 fully saturated rings. The van der Waals surface area contributed by atoms with Crippen LogP contribution in [0.25, 0.3) is 0 Å². The first-order valence-electron chi connectivity index (χ1n) is 45.2. The van der Waals surface area contributed by atoms with E-state index in [0.29, 0.717) is 59.1 Å². The number of benzene rings is 8. The number of hydrogen-bond donors (Lipinski definition) is 0. The lowest BCUT2D eigenvalue weighted by atomic mass is 9.69. The molecule has 4 heterocycles. The lowest BCUT2D eigenvalue weighted by molar-refractivity contribution is 0.0620. The highest BCUT2D eigenvalue weighted by atomic mass is 35.5. The van der Waals surface area contributed by atoms with Crippen LogP contribution in [-0.2, 0) is 0 Å². The van der Waals surface area contributed by atoms with Crippen molar-refractivity contribution in [3.63, 3.8) is 0 Å². The van der Waals surface area contributed by atoms with E-state index in [0.717, 1.165) is 161 Å². The van der Waals surface area contributed by atoms with Crippen LogP contribution in [0.3, 0.4) is 0 Å². The van der Waals surface area contributed by atoms with Crippen molar-refractivity contribution in [2.24, 2.45) is 34.5 Å². The van der Waals surface area contributed by atoms with E-state index >= 15 is 0 Å². The molecule has 121 heavy (non-hydrogen) atoms. The lowest BCUT2D eigenvalue weighted by Crippen LogP contribution is -2.53. The number of piperazine rings is 4. The van der Waals surface area contributed by atoms with Crippen LogP contribution in [0.5, 0.6) is 0 Å². The molecule has 0 amide bonds. The Bertz CT molecular complexity index is 4660. The Morgan fingerprint density at radius 1 is 0.273 bits per heavy atom. The normalized spacial score (nSPS) is 26.6. The predicted octanol–water partition coefficient (Wildman–Crippen LogP) is 31.1. The first-order chi connectivity index (χ1) is 58.3. The summed E-state index contributed by atoms with van der Waals surface area (Å²) in [4.78, 5) is 20.7.